The molecule has 0 aliphatic carbocycles. The van der Waals surface area contributed by atoms with Gasteiger partial charge in [-0.1, -0.05) is 41.5 Å². The number of unbranched alkanes of at least 4 members (excludes halogenated alkanes) is 2. The van der Waals surface area contributed by atoms with Crippen LogP contribution in [0.25, 0.3) is 0 Å². The summed E-state index contributed by atoms with van der Waals surface area (Å²) >= 11 is 1.49. The molecule has 35 nitrogen and oxygen atoms in total. The lowest BCUT2D eigenvalue weighted by Crippen LogP contribution is -2.61. The molecular formula is C58H114N24O11S. The molecule has 0 radical (unpaired) electrons. The molecule has 94 heavy (non-hydrogen) atoms. The Morgan fingerprint density at radius 2 is 0.628 bits per heavy atom. The highest BCUT2D eigenvalue weighted by Crippen LogP contribution is 2.15. The Labute approximate surface area is 556 Å². The van der Waals surface area contributed by atoms with Crippen molar-refractivity contribution in [1.29, 1.82) is 0 Å². The molecule has 0 spiro atoms. The number of rotatable bonds is 51. The Bertz CT molecular complexity index is 2470. The van der Waals surface area contributed by atoms with Crippen molar-refractivity contribution in [3.05, 3.63) is 0 Å². The van der Waals surface area contributed by atoms with Gasteiger partial charge in [-0.15, -0.1) is 0 Å². The molecule has 0 fully saturated rings. The van der Waals surface area contributed by atoms with E-state index in [9.17, 15) is 53.1 Å². The van der Waals surface area contributed by atoms with Crippen LogP contribution >= 0.6 is 11.8 Å². The van der Waals surface area contributed by atoms with Gasteiger partial charge in [-0.25, -0.2) is 4.79 Å². The molecule has 0 bridgehead atoms. The van der Waals surface area contributed by atoms with Crippen molar-refractivity contribution in [2.75, 3.05) is 51.3 Å². The molecule has 0 aromatic rings. The molecule has 9 amide bonds. The fourth-order valence-corrected chi connectivity index (χ4v) is 9.84. The van der Waals surface area contributed by atoms with Crippen molar-refractivity contribution < 1.29 is 53.1 Å². The van der Waals surface area contributed by atoms with Gasteiger partial charge >= 0.3 is 5.97 Å². The van der Waals surface area contributed by atoms with Gasteiger partial charge in [0.2, 0.25) is 53.2 Å². The lowest BCUT2D eigenvalue weighted by Gasteiger charge is -2.29. The summed E-state index contributed by atoms with van der Waals surface area (Å²) in [7, 11) is 0. The molecule has 0 rings (SSSR count). The number of carboxylic acids is 1. The van der Waals surface area contributed by atoms with E-state index in [0.29, 0.717) is 37.9 Å². The van der Waals surface area contributed by atoms with Gasteiger partial charge in [-0.05, 0) is 152 Å². The minimum absolute atomic E-state index is 0.0177. The van der Waals surface area contributed by atoms with Crippen LogP contribution in [0, 0.1) is 17.8 Å². The topological polar surface area (TPSA) is 635 Å². The van der Waals surface area contributed by atoms with Gasteiger partial charge in [0, 0.05) is 26.2 Å². The summed E-state index contributed by atoms with van der Waals surface area (Å²) in [5.41, 5.74) is 62.0. The van der Waals surface area contributed by atoms with Crippen LogP contribution in [0.4, 0.5) is 0 Å². The Kier molecular flexibility index (Phi) is 44.5. The van der Waals surface area contributed by atoms with Gasteiger partial charge in [-0.3, -0.25) is 63.1 Å². The Morgan fingerprint density at radius 3 is 0.915 bits per heavy atom. The molecule has 10 atom stereocenters. The van der Waals surface area contributed by atoms with Crippen LogP contribution in [-0.4, -0.2) is 200 Å². The minimum atomic E-state index is -1.40. The van der Waals surface area contributed by atoms with Crippen molar-refractivity contribution in [3.63, 3.8) is 0 Å². The molecular weight excluding hydrogens is 1240 g/mol. The van der Waals surface area contributed by atoms with Crippen molar-refractivity contribution in [3.8, 4) is 0 Å². The Balaban J connectivity index is 7.27. The third kappa shape index (κ3) is 38.9. The highest BCUT2D eigenvalue weighted by molar-refractivity contribution is 7.98. The van der Waals surface area contributed by atoms with E-state index < -0.39 is 125 Å². The molecule has 0 aromatic heterocycles. The zero-order valence-electron chi connectivity index (χ0n) is 56.1. The standard InChI is InChI=1S/C58H114N24O11S/c1-32(2)30-42(80-49(87)37(17-9-11-24-60)76-47(85)38(18-12-25-70-55(62)63)74-45(83)35(61)22-29-94-7)51(89)78-39(19-13-26-71-56(64)65)48(86)75-36(16-8-10-23-59)46(84)77-40(20-14-27-72-57(66)67)50(88)82-44(34(5)6)53(91)81-43(31-33(3)4)52(90)79-41(54(92)93)21-15-28-73-58(68)69/h32-44H,8-31,59-61H2,1-7H3,(H,74,83)(H,75,86)(H,76,85)(H,77,84)(H,78,89)(H,79,90)(H,80,87)(H,81,91)(H,82,88)(H,92,93)(H4,62,63,70)(H4,64,65,71)(H4,66,67,72)(H4,68,69,73)/t35-,36-,37-,38-,39-,40-,41-,42-,43-,44-/m0/s1. The largest absolute Gasteiger partial charge is 0.480 e. The number of aliphatic carboxylic acids is 1. The van der Waals surface area contributed by atoms with E-state index >= 15 is 0 Å². The summed E-state index contributed by atoms with van der Waals surface area (Å²) < 4.78 is 0. The maximum atomic E-state index is 14.7. The smallest absolute Gasteiger partial charge is 0.326 e. The first-order valence-corrected chi connectivity index (χ1v) is 33.5. The Morgan fingerprint density at radius 1 is 0.362 bits per heavy atom. The molecule has 0 aliphatic rings. The van der Waals surface area contributed by atoms with E-state index in [-0.39, 0.29) is 152 Å². The second kappa shape index (κ2) is 48.7. The molecule has 0 aliphatic heterocycles. The van der Waals surface area contributed by atoms with Crippen LogP contribution in [0.5, 0.6) is 0 Å². The van der Waals surface area contributed by atoms with Crippen molar-refractivity contribution >= 4 is 94.7 Å². The number of amides is 9. The number of carbonyl (C=O) groups excluding carboxylic acids is 9. The first-order chi connectivity index (χ1) is 44.3. The first-order valence-electron chi connectivity index (χ1n) is 32.1. The number of hydrogen-bond donors (Lipinski definition) is 21. The predicted octanol–water partition coefficient (Wildman–Crippen LogP) is -5.26. The van der Waals surface area contributed by atoms with E-state index in [0.717, 1.165) is 0 Å². The highest BCUT2D eigenvalue weighted by atomic mass is 32.2. The average Bonchev–Trinajstić information content (AvgIpc) is 1.32. The van der Waals surface area contributed by atoms with E-state index in [1.165, 1.54) is 11.8 Å². The first kappa shape index (κ1) is 86.0. The molecule has 0 heterocycles. The Hall–Kier alpha value is -7.99. The molecule has 32 N–H and O–H groups in total. The fourth-order valence-electron chi connectivity index (χ4n) is 9.35. The van der Waals surface area contributed by atoms with Crippen LogP contribution in [0.3, 0.4) is 0 Å². The van der Waals surface area contributed by atoms with E-state index in [1.54, 1.807) is 41.5 Å². The van der Waals surface area contributed by atoms with Crippen LogP contribution in [0.2, 0.25) is 0 Å². The van der Waals surface area contributed by atoms with Gasteiger partial charge in [0.05, 0.1) is 6.04 Å². The molecule has 0 saturated carbocycles. The zero-order valence-corrected chi connectivity index (χ0v) is 56.9. The van der Waals surface area contributed by atoms with Gasteiger partial charge < -0.3 is 116 Å². The number of thioether (sulfide) groups is 1. The molecule has 0 unspecified atom stereocenters. The lowest BCUT2D eigenvalue weighted by atomic mass is 9.98. The highest BCUT2D eigenvalue weighted by Gasteiger charge is 2.37. The van der Waals surface area contributed by atoms with Crippen LogP contribution < -0.4 is 111 Å². The molecule has 36 heteroatoms. The number of nitrogens with one attached hydrogen (secondary N) is 9. The van der Waals surface area contributed by atoms with Crippen LogP contribution in [-0.2, 0) is 47.9 Å². The SMILES string of the molecule is CSCC[C@H](N)C(=O)N[C@@H](CCCN=C(N)N)C(=O)N[C@@H](CCCCN)C(=O)N[C@@H](CC(C)C)C(=O)N[C@@H](CCCN=C(N)N)C(=O)N[C@@H](CCCCN)C(=O)N[C@@H](CCCN=C(N)N)C(=O)N[C@H](C(=O)N[C@@H](CC(C)C)C(=O)N[C@@H](CCCN=C(N)N)C(=O)O)C(C)C. The summed E-state index contributed by atoms with van der Waals surface area (Å²) in [6, 6.07) is -12.8. The number of nitrogens with two attached hydrogens (primary N) is 11. The maximum Gasteiger partial charge on any atom is 0.326 e. The predicted molar refractivity (Wildman–Crippen MR) is 365 cm³/mol. The number of carbonyl (C=O) groups is 10. The summed E-state index contributed by atoms with van der Waals surface area (Å²) in [5, 5.41) is 34.2. The summed E-state index contributed by atoms with van der Waals surface area (Å²) in [4.78, 5) is 156. The maximum absolute atomic E-state index is 14.7. The van der Waals surface area contributed by atoms with Crippen LogP contribution in [0.15, 0.2) is 20.0 Å². The fraction of sp³-hybridized carbons (Fsp3) is 0.759. The summed E-state index contributed by atoms with van der Waals surface area (Å²) in [5.74, 6) is -9.56. The summed E-state index contributed by atoms with van der Waals surface area (Å²) in [6.45, 7) is 11.2. The van der Waals surface area contributed by atoms with Crippen molar-refractivity contribution in [2.24, 2.45) is 101 Å². The zero-order chi connectivity index (χ0) is 71.5. The van der Waals surface area contributed by atoms with Gasteiger partial charge in [0.15, 0.2) is 23.8 Å². The monoisotopic (exact) mass is 1350 g/mol. The van der Waals surface area contributed by atoms with Gasteiger partial charge in [-0.2, -0.15) is 11.8 Å². The lowest BCUT2D eigenvalue weighted by molar-refractivity contribution is -0.142. The minimum Gasteiger partial charge on any atom is -0.480 e. The van der Waals surface area contributed by atoms with E-state index in [4.69, 9.17) is 63.1 Å². The second-order valence-electron chi connectivity index (χ2n) is 24.1. The number of aliphatic imine (C=N–C) groups is 4. The third-order valence-corrected chi connectivity index (χ3v) is 15.0. The van der Waals surface area contributed by atoms with Gasteiger partial charge in [0.1, 0.15) is 54.4 Å². The van der Waals surface area contributed by atoms with Crippen molar-refractivity contribution in [2.45, 2.75) is 211 Å². The molecule has 0 saturated heterocycles. The van der Waals surface area contributed by atoms with E-state index in [1.807, 2.05) is 6.26 Å². The molecule has 0 aromatic carbocycles. The average molecular weight is 1360 g/mol. The van der Waals surface area contributed by atoms with E-state index in [2.05, 4.69) is 67.8 Å². The number of hydrogen-bond acceptors (Lipinski definition) is 18. The summed E-state index contributed by atoms with van der Waals surface area (Å²) in [6.07, 6.45) is 4.47. The number of guanidine groups is 4. The normalized spacial score (nSPS) is 14.3. The molecule has 538 valence electrons. The second-order valence-corrected chi connectivity index (χ2v) is 25.1. The quantitative estimate of drug-likeness (QED) is 0.0154. The van der Waals surface area contributed by atoms with Crippen molar-refractivity contribution in [1.82, 2.24) is 47.9 Å². The number of carboxylic acid groups (broad SMARTS) is 1. The van der Waals surface area contributed by atoms with Crippen LogP contribution in [0.1, 0.15) is 151 Å². The number of nitrogens with zero attached hydrogens (tertiary/aromatic N) is 4. The van der Waals surface area contributed by atoms with Gasteiger partial charge in [0.25, 0.3) is 0 Å². The third-order valence-electron chi connectivity index (χ3n) is 14.4.